The van der Waals surface area contributed by atoms with Crippen molar-refractivity contribution in [3.05, 3.63) is 64.9 Å². The van der Waals surface area contributed by atoms with E-state index in [-0.39, 0.29) is 24.4 Å². The van der Waals surface area contributed by atoms with Gasteiger partial charge in [0.25, 0.3) is 0 Å². The molecule has 0 radical (unpaired) electrons. The maximum atomic E-state index is 13.1. The normalized spacial score (nSPS) is 14.8. The Morgan fingerprint density at radius 1 is 1.35 bits per heavy atom. The lowest BCUT2D eigenvalue weighted by atomic mass is 10.1. The zero-order chi connectivity index (χ0) is 21.8. The molecular weight excluding hydrogens is 401 g/mol. The summed E-state index contributed by atoms with van der Waals surface area (Å²) >= 11 is 0. The van der Waals surface area contributed by atoms with Crippen LogP contribution in [0.4, 0.5) is 10.2 Å². The third-order valence-electron chi connectivity index (χ3n) is 5.18. The number of morpholine rings is 1. The summed E-state index contributed by atoms with van der Waals surface area (Å²) in [4.78, 5) is 24.2. The lowest BCUT2D eigenvalue weighted by molar-refractivity contribution is 0.122. The molecule has 1 aliphatic heterocycles. The summed E-state index contributed by atoms with van der Waals surface area (Å²) in [5.41, 5.74) is 8.57. The predicted molar refractivity (Wildman–Crippen MR) is 115 cm³/mol. The topological polar surface area (TPSA) is 104 Å². The summed E-state index contributed by atoms with van der Waals surface area (Å²) in [6.07, 6.45) is 5.32. The van der Waals surface area contributed by atoms with E-state index in [2.05, 4.69) is 15.0 Å². The maximum absolute atomic E-state index is 13.1. The van der Waals surface area contributed by atoms with E-state index < -0.39 is 0 Å². The molecule has 2 N–H and O–H groups in total. The van der Waals surface area contributed by atoms with Crippen LogP contribution in [0.15, 0.2) is 53.6 Å². The summed E-state index contributed by atoms with van der Waals surface area (Å²) in [6, 6.07) is 5.73. The molecule has 0 aliphatic carbocycles. The number of aryl methyl sites for hydroxylation is 1. The summed E-state index contributed by atoms with van der Waals surface area (Å²) in [5.74, 6) is 0.670. The minimum absolute atomic E-state index is 0.00797. The number of ether oxygens (including phenoxy) is 1. The van der Waals surface area contributed by atoms with E-state index in [1.54, 1.807) is 12.4 Å². The van der Waals surface area contributed by atoms with Gasteiger partial charge in [-0.2, -0.15) is 5.10 Å². The number of anilines is 1. The molecule has 0 atom stereocenters. The molecule has 1 saturated heterocycles. The number of nitrogens with two attached hydrogens (primary N) is 1. The monoisotopic (exact) mass is 425 g/mol. The van der Waals surface area contributed by atoms with Gasteiger partial charge in [0.05, 0.1) is 37.5 Å². The molecule has 4 rings (SSSR count). The van der Waals surface area contributed by atoms with Crippen molar-refractivity contribution in [2.75, 3.05) is 37.7 Å². The Labute approximate surface area is 178 Å². The van der Waals surface area contributed by atoms with Gasteiger partial charge in [-0.1, -0.05) is 0 Å². The molecule has 3 aromatic heterocycles. The van der Waals surface area contributed by atoms with Crippen LogP contribution in [-0.2, 0) is 11.3 Å². The molecule has 162 valence electrons. The van der Waals surface area contributed by atoms with Crippen LogP contribution in [0, 0.1) is 6.92 Å². The minimum Gasteiger partial charge on any atom is -0.378 e. The van der Waals surface area contributed by atoms with Crippen LogP contribution in [0.2, 0.25) is 0 Å². The average molecular weight is 425 g/mol. The van der Waals surface area contributed by atoms with Crippen molar-refractivity contribution in [1.29, 1.82) is 0 Å². The van der Waals surface area contributed by atoms with E-state index >= 15 is 0 Å². The van der Waals surface area contributed by atoms with Crippen molar-refractivity contribution in [3.8, 4) is 16.9 Å². The van der Waals surface area contributed by atoms with Gasteiger partial charge in [-0.3, -0.25) is 4.98 Å². The fourth-order valence-electron chi connectivity index (χ4n) is 3.54. The number of nitrogens with zero attached hydrogens (tertiary/aromatic N) is 6. The third kappa shape index (κ3) is 4.25. The first kappa shape index (κ1) is 20.9. The van der Waals surface area contributed by atoms with Crippen LogP contribution in [-0.4, -0.2) is 57.2 Å². The van der Waals surface area contributed by atoms with Crippen LogP contribution in [0.3, 0.4) is 0 Å². The van der Waals surface area contributed by atoms with Crippen LogP contribution in [0.25, 0.3) is 16.9 Å². The molecular formula is C21H24FN7O2. The van der Waals surface area contributed by atoms with Crippen LogP contribution in [0.5, 0.6) is 0 Å². The molecule has 4 heterocycles. The first-order valence-electron chi connectivity index (χ1n) is 10.00. The molecule has 0 saturated carbocycles. The number of aromatic nitrogens is 5. The smallest absolute Gasteiger partial charge is 0.350 e. The highest BCUT2D eigenvalue weighted by molar-refractivity contribution is 5.70. The first-order valence-corrected chi connectivity index (χ1v) is 10.00. The molecule has 0 amide bonds. The van der Waals surface area contributed by atoms with Crippen LogP contribution >= 0.6 is 0 Å². The van der Waals surface area contributed by atoms with E-state index in [0.717, 1.165) is 16.8 Å². The Kier molecular flexibility index (Phi) is 6.19. The first-order chi connectivity index (χ1) is 15.1. The zero-order valence-corrected chi connectivity index (χ0v) is 17.2. The Hall–Kier alpha value is -3.37. The third-order valence-corrected chi connectivity index (χ3v) is 5.18. The van der Waals surface area contributed by atoms with Crippen LogP contribution < -0.4 is 16.3 Å². The van der Waals surface area contributed by atoms with Gasteiger partial charge >= 0.3 is 5.69 Å². The second kappa shape index (κ2) is 9.19. The number of hydrogen-bond acceptors (Lipinski definition) is 7. The standard InChI is InChI=1S/C21H24FN7O2/c1-15-9-18(17-3-2-4-24-12-17)26-20(27-5-7-31-8-6-27)19(15)28-14-25-29(21(28)30)13-16(10-22)11-23/h2-4,9-10,12,14H,5-8,11,13,23H2,1H3/b16-10+. The van der Waals surface area contributed by atoms with Gasteiger partial charge in [-0.05, 0) is 36.3 Å². The second-order valence-corrected chi connectivity index (χ2v) is 7.25. The molecule has 9 nitrogen and oxygen atoms in total. The highest BCUT2D eigenvalue weighted by Gasteiger charge is 2.23. The molecule has 0 spiro atoms. The molecule has 10 heteroatoms. The Morgan fingerprint density at radius 2 is 2.16 bits per heavy atom. The predicted octanol–water partition coefficient (Wildman–Crippen LogP) is 1.45. The molecule has 3 aromatic rings. The SMILES string of the molecule is Cc1cc(-c2cccnc2)nc(N2CCOCC2)c1-n1cnn(C/C(=C/F)CN)c1=O. The molecule has 1 fully saturated rings. The average Bonchev–Trinajstić information content (AvgIpc) is 3.17. The van der Waals surface area contributed by atoms with Gasteiger partial charge in [-0.15, -0.1) is 0 Å². The molecule has 31 heavy (non-hydrogen) atoms. The van der Waals surface area contributed by atoms with Gasteiger partial charge in [0.1, 0.15) is 6.33 Å². The number of pyridine rings is 2. The number of halogens is 1. The molecule has 0 bridgehead atoms. The van der Waals surface area contributed by atoms with Gasteiger partial charge in [-0.25, -0.2) is 23.4 Å². The molecule has 0 aromatic carbocycles. The van der Waals surface area contributed by atoms with Crippen molar-refractivity contribution in [2.24, 2.45) is 5.73 Å². The van der Waals surface area contributed by atoms with E-state index in [0.29, 0.717) is 44.1 Å². The van der Waals surface area contributed by atoms with Gasteiger partial charge in [0.2, 0.25) is 0 Å². The second-order valence-electron chi connectivity index (χ2n) is 7.25. The fraction of sp³-hybridized carbons (Fsp3) is 0.333. The van der Waals surface area contributed by atoms with Crippen molar-refractivity contribution in [3.63, 3.8) is 0 Å². The maximum Gasteiger partial charge on any atom is 0.350 e. The van der Waals surface area contributed by atoms with Crippen molar-refractivity contribution in [2.45, 2.75) is 13.5 Å². The van der Waals surface area contributed by atoms with E-state index in [1.165, 1.54) is 15.6 Å². The zero-order valence-electron chi connectivity index (χ0n) is 17.2. The number of hydrogen-bond donors (Lipinski definition) is 1. The quantitative estimate of drug-likeness (QED) is 0.637. The van der Waals surface area contributed by atoms with E-state index in [1.807, 2.05) is 25.1 Å². The van der Waals surface area contributed by atoms with Crippen molar-refractivity contribution < 1.29 is 9.13 Å². The van der Waals surface area contributed by atoms with Gasteiger partial charge < -0.3 is 15.4 Å². The van der Waals surface area contributed by atoms with Crippen molar-refractivity contribution in [1.82, 2.24) is 24.3 Å². The minimum atomic E-state index is -0.388. The van der Waals surface area contributed by atoms with Gasteiger partial charge in [0.15, 0.2) is 5.82 Å². The Balaban J connectivity index is 1.84. The lowest BCUT2D eigenvalue weighted by Crippen LogP contribution is -2.38. The molecule has 0 unspecified atom stereocenters. The highest BCUT2D eigenvalue weighted by Crippen LogP contribution is 2.30. The molecule has 1 aliphatic rings. The summed E-state index contributed by atoms with van der Waals surface area (Å²) in [7, 11) is 0. The summed E-state index contributed by atoms with van der Waals surface area (Å²) in [5, 5.41) is 4.16. The van der Waals surface area contributed by atoms with Gasteiger partial charge in [0, 0.05) is 37.6 Å². The summed E-state index contributed by atoms with van der Waals surface area (Å²) in [6.45, 7) is 4.39. The highest BCUT2D eigenvalue weighted by atomic mass is 19.1. The number of rotatable bonds is 6. The van der Waals surface area contributed by atoms with E-state index in [9.17, 15) is 9.18 Å². The fourth-order valence-corrected chi connectivity index (χ4v) is 3.54. The van der Waals surface area contributed by atoms with Crippen molar-refractivity contribution >= 4 is 5.82 Å². The van der Waals surface area contributed by atoms with Crippen LogP contribution in [0.1, 0.15) is 5.56 Å². The largest absolute Gasteiger partial charge is 0.378 e. The summed E-state index contributed by atoms with van der Waals surface area (Å²) < 4.78 is 21.1. The van der Waals surface area contributed by atoms with E-state index in [4.69, 9.17) is 15.5 Å². The lowest BCUT2D eigenvalue weighted by Gasteiger charge is -2.30. The Bertz CT molecular complexity index is 1130. The Morgan fingerprint density at radius 3 is 2.84 bits per heavy atom.